The van der Waals surface area contributed by atoms with Gasteiger partial charge in [-0.05, 0) is 32.9 Å². The van der Waals surface area contributed by atoms with Crippen molar-refractivity contribution in [3.05, 3.63) is 58.8 Å². The number of benzene rings is 1. The quantitative estimate of drug-likeness (QED) is 0.519. The number of fused-ring (bicyclic) bond motifs is 1. The maximum atomic E-state index is 11.0. The summed E-state index contributed by atoms with van der Waals surface area (Å²) in [7, 11) is 0. The van der Waals surface area contributed by atoms with Crippen molar-refractivity contribution < 1.29 is 10.0 Å². The van der Waals surface area contributed by atoms with Crippen molar-refractivity contribution in [3.63, 3.8) is 0 Å². The van der Waals surface area contributed by atoms with Crippen molar-refractivity contribution in [3.8, 4) is 5.75 Å². The van der Waals surface area contributed by atoms with Gasteiger partial charge in [-0.1, -0.05) is 18.2 Å². The standard InChI is InChI=1S/C12H12N2O3.C4H8/c1-3-6-13-8(2)12(14(16)17)10-5-4-9(15)7-11(10)13;1-3-4-2/h3-5,7,15H,1,6H2,2H3;3-4H,1-2H3/b;4-3-. The molecule has 0 aliphatic heterocycles. The van der Waals surface area contributed by atoms with E-state index in [-0.39, 0.29) is 11.4 Å². The van der Waals surface area contributed by atoms with E-state index in [0.29, 0.717) is 23.1 Å². The normalized spacial score (nSPS) is 10.4. The fraction of sp³-hybridized carbons (Fsp3) is 0.250. The first-order chi connectivity index (χ1) is 9.97. The molecular formula is C16H20N2O3. The van der Waals surface area contributed by atoms with Crippen molar-refractivity contribution >= 4 is 16.6 Å². The predicted octanol–water partition coefficient (Wildman–Crippen LogP) is 4.33. The smallest absolute Gasteiger partial charge is 0.297 e. The van der Waals surface area contributed by atoms with Crippen LogP contribution in [0.4, 0.5) is 5.69 Å². The van der Waals surface area contributed by atoms with E-state index in [1.807, 2.05) is 26.0 Å². The van der Waals surface area contributed by atoms with Crippen LogP contribution in [0.2, 0.25) is 0 Å². The molecule has 5 nitrogen and oxygen atoms in total. The fourth-order valence-corrected chi connectivity index (χ4v) is 2.04. The van der Waals surface area contributed by atoms with Crippen molar-refractivity contribution in [2.24, 2.45) is 0 Å². The molecule has 1 N–H and O–H groups in total. The van der Waals surface area contributed by atoms with Crippen LogP contribution in [0.15, 0.2) is 43.0 Å². The van der Waals surface area contributed by atoms with E-state index in [1.165, 1.54) is 12.1 Å². The number of nitro groups is 1. The molecule has 21 heavy (non-hydrogen) atoms. The van der Waals surface area contributed by atoms with Crippen LogP contribution in [-0.4, -0.2) is 14.6 Å². The Morgan fingerprint density at radius 1 is 1.38 bits per heavy atom. The minimum atomic E-state index is -0.395. The Balaban J connectivity index is 0.000000491. The minimum absolute atomic E-state index is 0.0850. The summed E-state index contributed by atoms with van der Waals surface area (Å²) in [5.74, 6) is 0.0928. The van der Waals surface area contributed by atoms with Gasteiger partial charge in [0.05, 0.1) is 21.5 Å². The SMILES string of the molecule is C/C=C\C.C=CCn1c(C)c([N+](=O)[O-])c2ccc(O)cc21. The number of rotatable bonds is 3. The molecule has 112 valence electrons. The third kappa shape index (κ3) is 3.51. The van der Waals surface area contributed by atoms with Gasteiger partial charge in [-0.3, -0.25) is 10.1 Å². The molecule has 1 heterocycles. The first-order valence-electron chi connectivity index (χ1n) is 6.62. The molecule has 0 radical (unpaired) electrons. The van der Waals surface area contributed by atoms with E-state index in [1.54, 1.807) is 23.6 Å². The van der Waals surface area contributed by atoms with Gasteiger partial charge in [-0.2, -0.15) is 0 Å². The van der Waals surface area contributed by atoms with Gasteiger partial charge in [0.2, 0.25) is 0 Å². The predicted molar refractivity (Wildman–Crippen MR) is 85.7 cm³/mol. The summed E-state index contributed by atoms with van der Waals surface area (Å²) in [5, 5.41) is 21.0. The minimum Gasteiger partial charge on any atom is -0.508 e. The Bertz CT molecular complexity index is 680. The Kier molecular flexibility index (Phi) is 5.72. The lowest BCUT2D eigenvalue weighted by molar-refractivity contribution is -0.383. The second kappa shape index (κ2) is 7.28. The molecule has 2 aromatic rings. The van der Waals surface area contributed by atoms with E-state index < -0.39 is 4.92 Å². The van der Waals surface area contributed by atoms with Crippen LogP contribution in [0.3, 0.4) is 0 Å². The third-order valence-corrected chi connectivity index (χ3v) is 3.10. The summed E-state index contributed by atoms with van der Waals surface area (Å²) < 4.78 is 1.76. The molecule has 1 aromatic carbocycles. The van der Waals surface area contributed by atoms with E-state index in [9.17, 15) is 15.2 Å². The van der Waals surface area contributed by atoms with E-state index in [2.05, 4.69) is 6.58 Å². The van der Waals surface area contributed by atoms with Crippen LogP contribution in [0, 0.1) is 17.0 Å². The van der Waals surface area contributed by atoms with Gasteiger partial charge in [0.15, 0.2) is 0 Å². The first kappa shape index (κ1) is 16.5. The van der Waals surface area contributed by atoms with Gasteiger partial charge in [0, 0.05) is 12.6 Å². The Morgan fingerprint density at radius 2 is 2.00 bits per heavy atom. The third-order valence-electron chi connectivity index (χ3n) is 3.10. The lowest BCUT2D eigenvalue weighted by Gasteiger charge is -2.02. The van der Waals surface area contributed by atoms with Crippen LogP contribution in [0.5, 0.6) is 5.75 Å². The number of aromatic nitrogens is 1. The Labute approximate surface area is 124 Å². The van der Waals surface area contributed by atoms with Gasteiger partial charge < -0.3 is 9.67 Å². The highest BCUT2D eigenvalue weighted by atomic mass is 16.6. The van der Waals surface area contributed by atoms with Gasteiger partial charge in [0.25, 0.3) is 5.69 Å². The van der Waals surface area contributed by atoms with Crippen LogP contribution >= 0.6 is 0 Å². The average molecular weight is 288 g/mol. The van der Waals surface area contributed by atoms with Crippen LogP contribution in [0.1, 0.15) is 19.5 Å². The molecule has 5 heteroatoms. The lowest BCUT2D eigenvalue weighted by atomic mass is 10.2. The van der Waals surface area contributed by atoms with Gasteiger partial charge in [-0.25, -0.2) is 0 Å². The molecule has 0 saturated heterocycles. The van der Waals surface area contributed by atoms with E-state index in [4.69, 9.17) is 0 Å². The maximum Gasteiger partial charge on any atom is 0.297 e. The average Bonchev–Trinajstić information content (AvgIpc) is 2.72. The Morgan fingerprint density at radius 3 is 2.48 bits per heavy atom. The number of hydrogen-bond donors (Lipinski definition) is 1. The van der Waals surface area contributed by atoms with Crippen molar-refractivity contribution in [2.45, 2.75) is 27.3 Å². The molecule has 0 fully saturated rings. The van der Waals surface area contributed by atoms with Gasteiger partial charge in [-0.15, -0.1) is 6.58 Å². The first-order valence-corrected chi connectivity index (χ1v) is 6.62. The number of phenols is 1. The number of nitrogens with zero attached hydrogens (tertiary/aromatic N) is 2. The molecule has 0 amide bonds. The van der Waals surface area contributed by atoms with Gasteiger partial charge in [0.1, 0.15) is 5.75 Å². The molecule has 0 spiro atoms. The van der Waals surface area contributed by atoms with Crippen molar-refractivity contribution in [2.75, 3.05) is 0 Å². The monoisotopic (exact) mass is 288 g/mol. The molecule has 0 saturated carbocycles. The highest BCUT2D eigenvalue weighted by Crippen LogP contribution is 2.34. The largest absolute Gasteiger partial charge is 0.508 e. The van der Waals surface area contributed by atoms with Crippen molar-refractivity contribution in [1.29, 1.82) is 0 Å². The zero-order valence-corrected chi connectivity index (χ0v) is 12.5. The number of allylic oxidation sites excluding steroid dienone is 3. The highest BCUT2D eigenvalue weighted by Gasteiger charge is 2.22. The number of aromatic hydroxyl groups is 1. The molecule has 0 aliphatic carbocycles. The maximum absolute atomic E-state index is 11.0. The molecule has 1 aromatic heterocycles. The molecule has 0 atom stereocenters. The summed E-state index contributed by atoms with van der Waals surface area (Å²) in [6.07, 6.45) is 5.67. The summed E-state index contributed by atoms with van der Waals surface area (Å²) in [6.45, 7) is 9.79. The summed E-state index contributed by atoms with van der Waals surface area (Å²) >= 11 is 0. The summed E-state index contributed by atoms with van der Waals surface area (Å²) in [6, 6.07) is 4.54. The zero-order valence-electron chi connectivity index (χ0n) is 12.5. The van der Waals surface area contributed by atoms with Crippen LogP contribution in [0.25, 0.3) is 10.9 Å². The molecular weight excluding hydrogens is 268 g/mol. The second-order valence-corrected chi connectivity index (χ2v) is 4.46. The van der Waals surface area contributed by atoms with Crippen LogP contribution < -0.4 is 0 Å². The molecule has 0 aliphatic rings. The fourth-order valence-electron chi connectivity index (χ4n) is 2.04. The molecule has 0 bridgehead atoms. The number of phenolic OH excluding ortho intramolecular Hbond substituents is 1. The molecule has 2 rings (SSSR count). The molecule has 0 unspecified atom stereocenters. The van der Waals surface area contributed by atoms with E-state index in [0.717, 1.165) is 0 Å². The zero-order chi connectivity index (χ0) is 16.0. The van der Waals surface area contributed by atoms with Gasteiger partial charge >= 0.3 is 0 Å². The second-order valence-electron chi connectivity index (χ2n) is 4.46. The lowest BCUT2D eigenvalue weighted by Crippen LogP contribution is -1.98. The highest BCUT2D eigenvalue weighted by molar-refractivity contribution is 5.92. The number of hydrogen-bond acceptors (Lipinski definition) is 3. The van der Waals surface area contributed by atoms with Crippen molar-refractivity contribution in [1.82, 2.24) is 4.57 Å². The van der Waals surface area contributed by atoms with Crippen LogP contribution in [-0.2, 0) is 6.54 Å². The van der Waals surface area contributed by atoms with E-state index >= 15 is 0 Å². The Hall–Kier alpha value is -2.56. The summed E-state index contributed by atoms with van der Waals surface area (Å²) in [4.78, 5) is 10.6. The summed E-state index contributed by atoms with van der Waals surface area (Å²) in [5.41, 5.74) is 1.30. The topological polar surface area (TPSA) is 68.3 Å².